The zero-order chi connectivity index (χ0) is 15.6. The predicted octanol–water partition coefficient (Wildman–Crippen LogP) is 2.02. The maximum Gasteiger partial charge on any atom is 0.308 e. The summed E-state index contributed by atoms with van der Waals surface area (Å²) >= 11 is 0. The van der Waals surface area contributed by atoms with Crippen molar-refractivity contribution < 1.29 is 19.1 Å². The summed E-state index contributed by atoms with van der Waals surface area (Å²) in [4.78, 5) is 22.9. The van der Waals surface area contributed by atoms with E-state index in [9.17, 15) is 9.59 Å². The highest BCUT2D eigenvalue weighted by Gasteiger charge is 2.21. The molecule has 0 rings (SSSR count). The van der Waals surface area contributed by atoms with Gasteiger partial charge in [0.05, 0.1) is 38.2 Å². The molecule has 0 fully saturated rings. The molecule has 0 radical (unpaired) electrons. The van der Waals surface area contributed by atoms with Crippen molar-refractivity contribution in [3.63, 3.8) is 0 Å². The van der Waals surface area contributed by atoms with Crippen LogP contribution in [0.25, 0.3) is 0 Å². The fraction of sp³-hybridized carbons (Fsp3) is 0.769. The van der Waals surface area contributed by atoms with Gasteiger partial charge in [-0.05, 0) is 27.7 Å². The second kappa shape index (κ2) is 9.02. The lowest BCUT2D eigenvalue weighted by Gasteiger charge is -2.12. The van der Waals surface area contributed by atoms with Gasteiger partial charge in [0.25, 0.3) is 0 Å². The number of esters is 2. The van der Waals surface area contributed by atoms with Gasteiger partial charge in [-0.2, -0.15) is 15.5 Å². The van der Waals surface area contributed by atoms with Gasteiger partial charge in [0.15, 0.2) is 5.54 Å². The van der Waals surface area contributed by atoms with Crippen molar-refractivity contribution in [1.29, 1.82) is 5.26 Å². The lowest BCUT2D eigenvalue weighted by atomic mass is 10.1. The summed E-state index contributed by atoms with van der Waals surface area (Å²) in [5, 5.41) is 16.6. The molecule has 0 aromatic rings. The van der Waals surface area contributed by atoms with Crippen LogP contribution < -0.4 is 0 Å². The fourth-order valence-corrected chi connectivity index (χ4v) is 1.23. The lowest BCUT2D eigenvalue weighted by Crippen LogP contribution is -2.21. The van der Waals surface area contributed by atoms with E-state index in [0.717, 1.165) is 0 Å². The van der Waals surface area contributed by atoms with Crippen molar-refractivity contribution >= 4 is 11.9 Å². The minimum atomic E-state index is -0.998. The Kier molecular flexibility index (Phi) is 8.13. The molecule has 112 valence electrons. The summed E-state index contributed by atoms with van der Waals surface area (Å²) in [5.41, 5.74) is -0.998. The monoisotopic (exact) mass is 283 g/mol. The van der Waals surface area contributed by atoms with Crippen LogP contribution in [0.3, 0.4) is 0 Å². The predicted molar refractivity (Wildman–Crippen MR) is 70.8 cm³/mol. The number of azo groups is 1. The van der Waals surface area contributed by atoms with Crippen molar-refractivity contribution in [3.8, 4) is 6.07 Å². The van der Waals surface area contributed by atoms with Crippen molar-refractivity contribution in [2.24, 2.45) is 10.2 Å². The van der Waals surface area contributed by atoms with E-state index in [1.54, 1.807) is 27.7 Å². The maximum atomic E-state index is 11.4. The van der Waals surface area contributed by atoms with Gasteiger partial charge in [-0.1, -0.05) is 0 Å². The first-order valence-electron chi connectivity index (χ1n) is 6.49. The molecule has 0 N–H and O–H groups in total. The molecule has 0 aromatic heterocycles. The zero-order valence-electron chi connectivity index (χ0n) is 12.4. The smallest absolute Gasteiger partial charge is 0.308 e. The van der Waals surface area contributed by atoms with Crippen LogP contribution in [0.4, 0.5) is 0 Å². The van der Waals surface area contributed by atoms with Crippen LogP contribution in [-0.2, 0) is 19.1 Å². The minimum absolute atomic E-state index is 0.0718. The number of nitrogens with zero attached hydrogens (tertiary/aromatic N) is 3. The molecule has 0 aliphatic heterocycles. The Hall–Kier alpha value is -1.97. The van der Waals surface area contributed by atoms with Crippen molar-refractivity contribution in [2.45, 2.75) is 52.1 Å². The van der Waals surface area contributed by atoms with E-state index in [-0.39, 0.29) is 26.1 Å². The summed E-state index contributed by atoms with van der Waals surface area (Å²) in [5.74, 6) is -0.925. The normalized spacial score (nSPS) is 11.4. The second-order valence-corrected chi connectivity index (χ2v) is 4.56. The molecule has 7 heteroatoms. The topological polar surface area (TPSA) is 101 Å². The van der Waals surface area contributed by atoms with Gasteiger partial charge in [-0.25, -0.2) is 0 Å². The summed E-state index contributed by atoms with van der Waals surface area (Å²) in [6, 6.07) is 1.28. The van der Waals surface area contributed by atoms with Crippen LogP contribution in [0.15, 0.2) is 10.2 Å². The molecule has 0 saturated heterocycles. The van der Waals surface area contributed by atoms with Gasteiger partial charge >= 0.3 is 11.9 Å². The standard InChI is InChI=1S/C13H21N3O4/c1-5-19-11(17)7-10(8-12(18)20-6-2)15-16-13(3,4)9-14/h10H,5-8H2,1-4H3/b16-15+. The van der Waals surface area contributed by atoms with Gasteiger partial charge in [0.1, 0.15) is 0 Å². The average molecular weight is 283 g/mol. The second-order valence-electron chi connectivity index (χ2n) is 4.56. The number of rotatable bonds is 8. The molecule has 0 spiro atoms. The molecule has 0 heterocycles. The first kappa shape index (κ1) is 18.0. The lowest BCUT2D eigenvalue weighted by molar-refractivity contribution is -0.145. The third-order valence-corrected chi connectivity index (χ3v) is 2.16. The Labute approximate surface area is 119 Å². The Morgan fingerprint density at radius 2 is 1.60 bits per heavy atom. The van der Waals surface area contributed by atoms with Crippen molar-refractivity contribution in [3.05, 3.63) is 0 Å². The molecule has 0 atom stereocenters. The fourth-order valence-electron chi connectivity index (χ4n) is 1.23. The van der Waals surface area contributed by atoms with Crippen LogP contribution in [0.5, 0.6) is 0 Å². The van der Waals surface area contributed by atoms with Gasteiger partial charge in [-0.3, -0.25) is 9.59 Å². The molecule has 7 nitrogen and oxygen atoms in total. The highest BCUT2D eigenvalue weighted by atomic mass is 16.5. The SMILES string of the molecule is CCOC(=O)CC(CC(=O)OCC)/N=N/C(C)(C)C#N. The van der Waals surface area contributed by atoms with Gasteiger partial charge < -0.3 is 9.47 Å². The van der Waals surface area contributed by atoms with Gasteiger partial charge in [-0.15, -0.1) is 0 Å². The van der Waals surface area contributed by atoms with E-state index in [2.05, 4.69) is 10.2 Å². The third-order valence-electron chi connectivity index (χ3n) is 2.16. The van der Waals surface area contributed by atoms with E-state index in [0.29, 0.717) is 0 Å². The number of carbonyl (C=O) groups is 2. The van der Waals surface area contributed by atoms with Crippen LogP contribution in [0.2, 0.25) is 0 Å². The summed E-state index contributed by atoms with van der Waals surface area (Å²) in [6.07, 6.45) is -0.144. The number of hydrogen-bond acceptors (Lipinski definition) is 7. The van der Waals surface area contributed by atoms with Gasteiger partial charge in [0.2, 0.25) is 0 Å². The molecular weight excluding hydrogens is 262 g/mol. The Bertz CT molecular complexity index is 379. The van der Waals surface area contributed by atoms with E-state index >= 15 is 0 Å². The van der Waals surface area contributed by atoms with E-state index < -0.39 is 23.5 Å². The molecule has 0 aliphatic rings. The largest absolute Gasteiger partial charge is 0.466 e. The zero-order valence-corrected chi connectivity index (χ0v) is 12.4. The van der Waals surface area contributed by atoms with Crippen LogP contribution in [0, 0.1) is 11.3 Å². The summed E-state index contributed by atoms with van der Waals surface area (Å²) < 4.78 is 9.63. The molecule has 0 aromatic carbocycles. The van der Waals surface area contributed by atoms with Crippen molar-refractivity contribution in [1.82, 2.24) is 0 Å². The first-order chi connectivity index (χ1) is 9.34. The molecule has 0 saturated carbocycles. The van der Waals surface area contributed by atoms with Gasteiger partial charge in [0, 0.05) is 0 Å². The summed E-state index contributed by atoms with van der Waals surface area (Å²) in [6.45, 7) is 7.07. The summed E-state index contributed by atoms with van der Waals surface area (Å²) in [7, 11) is 0. The highest BCUT2D eigenvalue weighted by molar-refractivity contribution is 5.74. The molecule has 0 aliphatic carbocycles. The Morgan fingerprint density at radius 1 is 1.15 bits per heavy atom. The molecule has 20 heavy (non-hydrogen) atoms. The minimum Gasteiger partial charge on any atom is -0.466 e. The molecule has 0 amide bonds. The first-order valence-corrected chi connectivity index (χ1v) is 6.49. The van der Waals surface area contributed by atoms with Crippen LogP contribution in [0.1, 0.15) is 40.5 Å². The molecular formula is C13H21N3O4. The Balaban J connectivity index is 4.75. The number of carbonyl (C=O) groups excluding carboxylic acids is 2. The highest BCUT2D eigenvalue weighted by Crippen LogP contribution is 2.13. The Morgan fingerprint density at radius 3 is 1.95 bits per heavy atom. The maximum absolute atomic E-state index is 11.4. The van der Waals surface area contributed by atoms with Crippen molar-refractivity contribution in [2.75, 3.05) is 13.2 Å². The number of hydrogen-bond donors (Lipinski definition) is 0. The van der Waals surface area contributed by atoms with E-state index in [1.807, 2.05) is 6.07 Å². The van der Waals surface area contributed by atoms with Crippen LogP contribution in [-0.4, -0.2) is 36.7 Å². The van der Waals surface area contributed by atoms with E-state index in [4.69, 9.17) is 14.7 Å². The van der Waals surface area contributed by atoms with E-state index in [1.165, 1.54) is 0 Å². The molecule has 0 unspecified atom stereocenters. The third kappa shape index (κ3) is 8.19. The average Bonchev–Trinajstić information content (AvgIpc) is 2.36. The quantitative estimate of drug-likeness (QED) is 0.501. The molecule has 0 bridgehead atoms. The number of nitriles is 1. The van der Waals surface area contributed by atoms with Crippen LogP contribution >= 0.6 is 0 Å². The number of ether oxygens (including phenoxy) is 2.